The van der Waals surface area contributed by atoms with Crippen LogP contribution < -0.4 is 0 Å². The molecule has 0 atom stereocenters. The smallest absolute Gasteiger partial charge is 0.309 e. The van der Waals surface area contributed by atoms with E-state index in [9.17, 15) is 4.79 Å². The molecule has 14 heavy (non-hydrogen) atoms. The lowest BCUT2D eigenvalue weighted by Crippen LogP contribution is -2.02. The second-order valence-corrected chi connectivity index (χ2v) is 2.75. The van der Waals surface area contributed by atoms with Crippen LogP contribution in [0.25, 0.3) is 5.65 Å². The van der Waals surface area contributed by atoms with Gasteiger partial charge in [0.2, 0.25) is 0 Å². The Bertz CT molecular complexity index is 450. The molecule has 0 aliphatic carbocycles. The summed E-state index contributed by atoms with van der Waals surface area (Å²) in [5, 5.41) is 8.60. The number of rotatable bonds is 2. The van der Waals surface area contributed by atoms with E-state index in [2.05, 4.69) is 4.98 Å². The number of aliphatic carboxylic acids is 1. The van der Waals surface area contributed by atoms with Gasteiger partial charge >= 0.3 is 5.97 Å². The van der Waals surface area contributed by atoms with Gasteiger partial charge in [-0.1, -0.05) is 6.07 Å². The van der Waals surface area contributed by atoms with Crippen LogP contribution in [-0.4, -0.2) is 25.9 Å². The second-order valence-electron chi connectivity index (χ2n) is 2.75. The maximum Gasteiger partial charge on any atom is 0.309 e. The van der Waals surface area contributed by atoms with Crippen LogP contribution in [0.5, 0.6) is 0 Å². The fourth-order valence-corrected chi connectivity index (χ4v) is 1.27. The van der Waals surface area contributed by atoms with Crippen molar-refractivity contribution in [2.45, 2.75) is 6.42 Å². The Labute approximate surface area is 79.9 Å². The number of fused-ring (bicyclic) bond motifs is 1. The Balaban J connectivity index is 0.000000980. The van der Waals surface area contributed by atoms with Crippen LogP contribution in [0.1, 0.15) is 5.69 Å². The van der Waals surface area contributed by atoms with Gasteiger partial charge in [0.1, 0.15) is 5.65 Å². The lowest BCUT2D eigenvalue weighted by atomic mass is 10.3. The van der Waals surface area contributed by atoms with Gasteiger partial charge in [-0.2, -0.15) is 0 Å². The molecule has 0 aromatic carbocycles. The number of carboxylic acids is 1. The van der Waals surface area contributed by atoms with Gasteiger partial charge in [-0.25, -0.2) is 4.98 Å². The fourth-order valence-electron chi connectivity index (χ4n) is 1.27. The Kier molecular flexibility index (Phi) is 2.83. The van der Waals surface area contributed by atoms with Crippen molar-refractivity contribution in [3.63, 3.8) is 0 Å². The first-order valence-electron chi connectivity index (χ1n) is 3.90. The van der Waals surface area contributed by atoms with Crippen LogP contribution in [0.3, 0.4) is 0 Å². The van der Waals surface area contributed by atoms with Crippen LogP contribution >= 0.6 is 0 Å². The standard InChI is InChI=1S/C9H8N2O2.H2O/c12-9(13)5-7-6-10-8-3-1-2-4-11(7)8;/h1-4,6H,5H2,(H,12,13);1H2. The van der Waals surface area contributed by atoms with E-state index in [-0.39, 0.29) is 11.9 Å². The molecule has 0 amide bonds. The molecular formula is C9H10N2O3. The molecule has 0 radical (unpaired) electrons. The van der Waals surface area contributed by atoms with Crippen LogP contribution in [0.4, 0.5) is 0 Å². The molecule has 2 heterocycles. The SMILES string of the molecule is O.O=C(O)Cc1cnc2ccccn12. The summed E-state index contributed by atoms with van der Waals surface area (Å²) < 4.78 is 1.77. The van der Waals surface area contributed by atoms with Crippen molar-refractivity contribution in [3.05, 3.63) is 36.3 Å². The van der Waals surface area contributed by atoms with E-state index in [4.69, 9.17) is 5.11 Å². The maximum atomic E-state index is 10.5. The number of imidazole rings is 1. The van der Waals surface area contributed by atoms with Crippen molar-refractivity contribution in [3.8, 4) is 0 Å². The zero-order valence-electron chi connectivity index (χ0n) is 7.34. The molecule has 0 aliphatic heterocycles. The van der Waals surface area contributed by atoms with E-state index in [1.807, 2.05) is 18.2 Å². The summed E-state index contributed by atoms with van der Waals surface area (Å²) in [6, 6.07) is 5.55. The van der Waals surface area contributed by atoms with Gasteiger partial charge in [-0.3, -0.25) is 4.79 Å². The van der Waals surface area contributed by atoms with E-state index in [1.54, 1.807) is 16.8 Å². The van der Waals surface area contributed by atoms with Gasteiger partial charge in [0, 0.05) is 12.4 Å². The molecule has 2 aromatic rings. The summed E-state index contributed by atoms with van der Waals surface area (Å²) in [4.78, 5) is 14.5. The molecule has 5 heteroatoms. The van der Waals surface area contributed by atoms with Gasteiger partial charge in [0.25, 0.3) is 0 Å². The summed E-state index contributed by atoms with van der Waals surface area (Å²) in [6.45, 7) is 0. The van der Waals surface area contributed by atoms with E-state index in [1.165, 1.54) is 0 Å². The highest BCUT2D eigenvalue weighted by Gasteiger charge is 2.05. The molecule has 2 aromatic heterocycles. The largest absolute Gasteiger partial charge is 0.481 e. The van der Waals surface area contributed by atoms with E-state index in [0.29, 0.717) is 5.69 Å². The summed E-state index contributed by atoms with van der Waals surface area (Å²) >= 11 is 0. The highest BCUT2D eigenvalue weighted by atomic mass is 16.4. The third-order valence-electron chi connectivity index (χ3n) is 1.83. The van der Waals surface area contributed by atoms with Crippen LogP contribution in [0.2, 0.25) is 0 Å². The molecule has 0 aliphatic rings. The molecule has 2 rings (SSSR count). The van der Waals surface area contributed by atoms with Crippen molar-refractivity contribution in [2.75, 3.05) is 0 Å². The Morgan fingerprint density at radius 3 is 3.00 bits per heavy atom. The summed E-state index contributed by atoms with van der Waals surface area (Å²) in [5.41, 5.74) is 1.47. The third kappa shape index (κ3) is 1.72. The Morgan fingerprint density at radius 1 is 1.50 bits per heavy atom. The molecule has 0 saturated carbocycles. The number of nitrogens with zero attached hydrogens (tertiary/aromatic N) is 2. The maximum absolute atomic E-state index is 10.5. The van der Waals surface area contributed by atoms with Crippen molar-refractivity contribution in [2.24, 2.45) is 0 Å². The third-order valence-corrected chi connectivity index (χ3v) is 1.83. The van der Waals surface area contributed by atoms with Gasteiger partial charge in [0.15, 0.2) is 0 Å². The first kappa shape index (κ1) is 10.2. The Hall–Kier alpha value is -1.88. The molecule has 0 saturated heterocycles. The van der Waals surface area contributed by atoms with Gasteiger partial charge in [-0.15, -0.1) is 0 Å². The molecule has 0 fully saturated rings. The zero-order valence-corrected chi connectivity index (χ0v) is 7.34. The van der Waals surface area contributed by atoms with E-state index in [0.717, 1.165) is 5.65 Å². The van der Waals surface area contributed by atoms with Crippen molar-refractivity contribution >= 4 is 11.6 Å². The highest BCUT2D eigenvalue weighted by molar-refractivity contribution is 5.70. The average molecular weight is 194 g/mol. The van der Waals surface area contributed by atoms with Gasteiger partial charge in [0.05, 0.1) is 12.1 Å². The van der Waals surface area contributed by atoms with Crippen molar-refractivity contribution in [1.82, 2.24) is 9.38 Å². The predicted octanol–water partition coefficient (Wildman–Crippen LogP) is 0.137. The van der Waals surface area contributed by atoms with Crippen LogP contribution in [0, 0.1) is 0 Å². The summed E-state index contributed by atoms with van der Waals surface area (Å²) in [5.74, 6) is -0.842. The van der Waals surface area contributed by atoms with E-state index >= 15 is 0 Å². The average Bonchev–Trinajstić information content (AvgIpc) is 2.48. The number of aromatic nitrogens is 2. The molecule has 74 valence electrons. The number of pyridine rings is 1. The molecule has 3 N–H and O–H groups in total. The van der Waals surface area contributed by atoms with Crippen molar-refractivity contribution < 1.29 is 15.4 Å². The lowest BCUT2D eigenvalue weighted by Gasteiger charge is -1.96. The van der Waals surface area contributed by atoms with Crippen molar-refractivity contribution in [1.29, 1.82) is 0 Å². The quantitative estimate of drug-likeness (QED) is 0.737. The lowest BCUT2D eigenvalue weighted by molar-refractivity contribution is -0.136. The monoisotopic (exact) mass is 194 g/mol. The summed E-state index contributed by atoms with van der Waals surface area (Å²) in [7, 11) is 0. The topological polar surface area (TPSA) is 86.1 Å². The van der Waals surface area contributed by atoms with Gasteiger partial charge in [-0.05, 0) is 12.1 Å². The first-order valence-corrected chi connectivity index (χ1v) is 3.90. The molecule has 5 nitrogen and oxygen atoms in total. The first-order chi connectivity index (χ1) is 6.27. The van der Waals surface area contributed by atoms with E-state index < -0.39 is 5.97 Å². The fraction of sp³-hybridized carbons (Fsp3) is 0.111. The summed E-state index contributed by atoms with van der Waals surface area (Å²) in [6.07, 6.45) is 3.40. The minimum absolute atomic E-state index is 0. The highest BCUT2D eigenvalue weighted by Crippen LogP contribution is 2.06. The number of hydrogen-bond acceptors (Lipinski definition) is 2. The minimum atomic E-state index is -0.842. The number of carbonyl (C=O) groups is 1. The zero-order chi connectivity index (χ0) is 9.26. The molecule has 0 unspecified atom stereocenters. The second kappa shape index (κ2) is 3.89. The molecule has 0 bridgehead atoms. The van der Waals surface area contributed by atoms with Gasteiger partial charge < -0.3 is 15.0 Å². The number of carboxylic acid groups (broad SMARTS) is 1. The normalized spacial score (nSPS) is 9.71. The molecule has 0 spiro atoms. The number of hydrogen-bond donors (Lipinski definition) is 1. The van der Waals surface area contributed by atoms with Crippen LogP contribution in [0.15, 0.2) is 30.6 Å². The predicted molar refractivity (Wildman–Crippen MR) is 50.1 cm³/mol. The minimum Gasteiger partial charge on any atom is -0.481 e. The molecular weight excluding hydrogens is 184 g/mol. The Morgan fingerprint density at radius 2 is 2.29 bits per heavy atom. The van der Waals surface area contributed by atoms with Crippen LogP contribution in [-0.2, 0) is 11.2 Å².